The van der Waals surface area contributed by atoms with Gasteiger partial charge in [-0.1, -0.05) is 42.5 Å². The van der Waals surface area contributed by atoms with Crippen molar-refractivity contribution in [3.8, 4) is 0 Å². The lowest BCUT2D eigenvalue weighted by Crippen LogP contribution is -2.35. The fraction of sp³-hybridized carbons (Fsp3) is 0.409. The van der Waals surface area contributed by atoms with Gasteiger partial charge >= 0.3 is 0 Å². The fourth-order valence-electron chi connectivity index (χ4n) is 2.93. The number of ketones is 1. The van der Waals surface area contributed by atoms with Gasteiger partial charge in [-0.05, 0) is 50.5 Å². The van der Waals surface area contributed by atoms with Crippen molar-refractivity contribution in [2.45, 2.75) is 46.3 Å². The van der Waals surface area contributed by atoms with Crippen LogP contribution in [-0.4, -0.2) is 25.0 Å². The molecule has 0 fully saturated rings. The van der Waals surface area contributed by atoms with E-state index in [1.165, 1.54) is 5.56 Å². The first kappa shape index (κ1) is 19.4. The smallest absolute Gasteiger partial charge is 0.164 e. The molecule has 0 spiro atoms. The number of hydrogen-bond donors (Lipinski definition) is 1. The predicted octanol–water partition coefficient (Wildman–Crippen LogP) is 4.63. The molecule has 3 nitrogen and oxygen atoms in total. The highest BCUT2D eigenvalue weighted by molar-refractivity contribution is 5.96. The lowest BCUT2D eigenvalue weighted by atomic mass is 10.0. The second kappa shape index (κ2) is 9.50. The molecule has 134 valence electrons. The molecule has 0 saturated heterocycles. The molecule has 0 aliphatic carbocycles. The van der Waals surface area contributed by atoms with Crippen molar-refractivity contribution in [3.05, 3.63) is 70.8 Å². The highest BCUT2D eigenvalue weighted by Gasteiger charge is 2.19. The van der Waals surface area contributed by atoms with Crippen LogP contribution in [0.1, 0.15) is 53.4 Å². The third kappa shape index (κ3) is 5.52. The molecule has 2 aromatic carbocycles. The van der Waals surface area contributed by atoms with Crippen LogP contribution in [0.5, 0.6) is 0 Å². The number of carbonyl (C=O) groups excluding carboxylic acids is 1. The van der Waals surface area contributed by atoms with Crippen LogP contribution in [0.25, 0.3) is 0 Å². The van der Waals surface area contributed by atoms with Crippen molar-refractivity contribution in [2.24, 2.45) is 0 Å². The first-order valence-electron chi connectivity index (χ1n) is 9.03. The summed E-state index contributed by atoms with van der Waals surface area (Å²) in [4.78, 5) is 12.4. The van der Waals surface area contributed by atoms with Gasteiger partial charge in [0.2, 0.25) is 0 Å². The van der Waals surface area contributed by atoms with E-state index >= 15 is 0 Å². The zero-order valence-corrected chi connectivity index (χ0v) is 15.7. The molecule has 0 bridgehead atoms. The van der Waals surface area contributed by atoms with E-state index in [4.69, 9.17) is 4.74 Å². The van der Waals surface area contributed by atoms with Gasteiger partial charge in [0.25, 0.3) is 0 Å². The van der Waals surface area contributed by atoms with Crippen LogP contribution in [0.3, 0.4) is 0 Å². The maximum absolute atomic E-state index is 12.4. The standard InChI is InChI=1S/C22H29NO2/c1-5-25-22(19-9-7-6-8-10-19)18(4)23-14-13-21(24)20-12-11-16(2)17(3)15-20/h6-12,15,18,22-23H,5,13-14H2,1-4H3. The predicted molar refractivity (Wildman–Crippen MR) is 103 cm³/mol. The molecule has 0 aliphatic heterocycles. The third-order valence-corrected chi connectivity index (χ3v) is 4.58. The Morgan fingerprint density at radius 1 is 1.08 bits per heavy atom. The van der Waals surface area contributed by atoms with E-state index in [1.807, 2.05) is 50.2 Å². The third-order valence-electron chi connectivity index (χ3n) is 4.58. The molecule has 0 saturated carbocycles. The number of hydrogen-bond acceptors (Lipinski definition) is 3. The molecule has 3 heteroatoms. The minimum Gasteiger partial charge on any atom is -0.372 e. The van der Waals surface area contributed by atoms with Crippen LogP contribution in [0, 0.1) is 13.8 Å². The molecule has 0 aromatic heterocycles. The van der Waals surface area contributed by atoms with Crippen molar-refractivity contribution in [3.63, 3.8) is 0 Å². The van der Waals surface area contributed by atoms with E-state index < -0.39 is 0 Å². The molecule has 0 radical (unpaired) electrons. The van der Waals surface area contributed by atoms with Crippen LogP contribution in [0.2, 0.25) is 0 Å². The monoisotopic (exact) mass is 339 g/mol. The molecule has 2 atom stereocenters. The van der Waals surface area contributed by atoms with Gasteiger partial charge in [0.05, 0.1) is 6.10 Å². The molecule has 0 aliphatic rings. The van der Waals surface area contributed by atoms with E-state index in [2.05, 4.69) is 31.3 Å². The second-order valence-electron chi connectivity index (χ2n) is 6.50. The highest BCUT2D eigenvalue weighted by Crippen LogP contribution is 2.21. The van der Waals surface area contributed by atoms with Crippen LogP contribution < -0.4 is 5.32 Å². The number of aryl methyl sites for hydroxylation is 2. The summed E-state index contributed by atoms with van der Waals surface area (Å²) in [5.74, 6) is 0.176. The van der Waals surface area contributed by atoms with Crippen LogP contribution in [-0.2, 0) is 4.74 Å². The van der Waals surface area contributed by atoms with E-state index in [0.29, 0.717) is 19.6 Å². The van der Waals surface area contributed by atoms with E-state index in [9.17, 15) is 4.79 Å². The number of ether oxygens (including phenoxy) is 1. The maximum Gasteiger partial charge on any atom is 0.164 e. The minimum absolute atomic E-state index is 0.0112. The van der Waals surface area contributed by atoms with Crippen LogP contribution in [0.15, 0.2) is 48.5 Å². The summed E-state index contributed by atoms with van der Waals surface area (Å²) in [6.45, 7) is 9.51. The number of Topliss-reactive ketones (excluding diaryl/α,β-unsaturated/α-hetero) is 1. The molecule has 2 aromatic rings. The Bertz CT molecular complexity index is 682. The number of carbonyl (C=O) groups is 1. The van der Waals surface area contributed by atoms with Crippen LogP contribution in [0.4, 0.5) is 0 Å². The molecule has 25 heavy (non-hydrogen) atoms. The molecule has 2 rings (SSSR count). The van der Waals surface area contributed by atoms with Gasteiger partial charge in [-0.25, -0.2) is 0 Å². The lowest BCUT2D eigenvalue weighted by molar-refractivity contribution is 0.0378. The lowest BCUT2D eigenvalue weighted by Gasteiger charge is -2.25. The summed E-state index contributed by atoms with van der Waals surface area (Å²) in [6, 6.07) is 16.3. The summed E-state index contributed by atoms with van der Waals surface area (Å²) in [5, 5.41) is 3.45. The van der Waals surface area contributed by atoms with Crippen molar-refractivity contribution in [1.82, 2.24) is 5.32 Å². The Morgan fingerprint density at radius 3 is 2.44 bits per heavy atom. The minimum atomic E-state index is -0.0112. The fourth-order valence-corrected chi connectivity index (χ4v) is 2.93. The molecule has 0 amide bonds. The Morgan fingerprint density at radius 2 is 1.80 bits per heavy atom. The average Bonchev–Trinajstić information content (AvgIpc) is 2.62. The quantitative estimate of drug-likeness (QED) is 0.677. The van der Waals surface area contributed by atoms with Gasteiger partial charge < -0.3 is 10.1 Å². The van der Waals surface area contributed by atoms with Crippen molar-refractivity contribution >= 4 is 5.78 Å². The number of nitrogens with one attached hydrogen (secondary N) is 1. The molecular weight excluding hydrogens is 310 g/mol. The van der Waals surface area contributed by atoms with E-state index in [1.54, 1.807) is 0 Å². The van der Waals surface area contributed by atoms with Crippen molar-refractivity contribution in [2.75, 3.05) is 13.2 Å². The average molecular weight is 339 g/mol. The molecule has 1 N–H and O–H groups in total. The zero-order valence-electron chi connectivity index (χ0n) is 15.7. The molecule has 2 unspecified atom stereocenters. The Balaban J connectivity index is 1.90. The Labute approximate surface area is 151 Å². The largest absolute Gasteiger partial charge is 0.372 e. The normalized spacial score (nSPS) is 13.4. The maximum atomic E-state index is 12.4. The van der Waals surface area contributed by atoms with Crippen molar-refractivity contribution in [1.29, 1.82) is 0 Å². The SMILES string of the molecule is CCOC(c1ccccc1)C(C)NCCC(=O)c1ccc(C)c(C)c1. The topological polar surface area (TPSA) is 38.3 Å². The Hall–Kier alpha value is -1.97. The zero-order chi connectivity index (χ0) is 18.2. The number of rotatable bonds is 9. The molecular formula is C22H29NO2. The summed E-state index contributed by atoms with van der Waals surface area (Å²) < 4.78 is 5.91. The highest BCUT2D eigenvalue weighted by atomic mass is 16.5. The van der Waals surface area contributed by atoms with E-state index in [-0.39, 0.29) is 17.9 Å². The van der Waals surface area contributed by atoms with Gasteiger partial charge in [-0.2, -0.15) is 0 Å². The molecule has 0 heterocycles. The van der Waals surface area contributed by atoms with Gasteiger partial charge in [-0.15, -0.1) is 0 Å². The second-order valence-corrected chi connectivity index (χ2v) is 6.50. The van der Waals surface area contributed by atoms with Gasteiger partial charge in [0.15, 0.2) is 5.78 Å². The first-order valence-corrected chi connectivity index (χ1v) is 9.03. The first-order chi connectivity index (χ1) is 12.0. The van der Waals surface area contributed by atoms with Gasteiger partial charge in [0, 0.05) is 31.2 Å². The Kier molecular flexibility index (Phi) is 7.35. The number of benzene rings is 2. The van der Waals surface area contributed by atoms with Gasteiger partial charge in [0.1, 0.15) is 0 Å². The van der Waals surface area contributed by atoms with Gasteiger partial charge in [-0.3, -0.25) is 4.79 Å². The summed E-state index contributed by atoms with van der Waals surface area (Å²) in [6.07, 6.45) is 0.475. The van der Waals surface area contributed by atoms with Crippen molar-refractivity contribution < 1.29 is 9.53 Å². The summed E-state index contributed by atoms with van der Waals surface area (Å²) in [5.41, 5.74) is 4.32. The summed E-state index contributed by atoms with van der Waals surface area (Å²) >= 11 is 0. The van der Waals surface area contributed by atoms with E-state index in [0.717, 1.165) is 16.7 Å². The van der Waals surface area contributed by atoms with Crippen LogP contribution >= 0.6 is 0 Å². The summed E-state index contributed by atoms with van der Waals surface area (Å²) in [7, 11) is 0.